The molecule has 2 atom stereocenters. The number of hydrogen-bond acceptors (Lipinski definition) is 3. The van der Waals surface area contributed by atoms with Crippen LogP contribution in [0.5, 0.6) is 0 Å². The zero-order valence-corrected chi connectivity index (χ0v) is 16.2. The zero-order chi connectivity index (χ0) is 20.1. The van der Waals surface area contributed by atoms with Crippen molar-refractivity contribution in [2.45, 2.75) is 25.4 Å². The van der Waals surface area contributed by atoms with Gasteiger partial charge in [-0.2, -0.15) is 0 Å². The molecule has 2 unspecified atom stereocenters. The summed E-state index contributed by atoms with van der Waals surface area (Å²) in [4.78, 5) is 12.8. The summed E-state index contributed by atoms with van der Waals surface area (Å²) in [7, 11) is 0. The first-order chi connectivity index (χ1) is 14.2. The minimum absolute atomic E-state index is 0.138. The van der Waals surface area contributed by atoms with Crippen molar-refractivity contribution in [2.24, 2.45) is 0 Å². The third-order valence-electron chi connectivity index (χ3n) is 4.86. The van der Waals surface area contributed by atoms with E-state index in [1.54, 1.807) is 0 Å². The molecule has 2 N–H and O–H groups in total. The van der Waals surface area contributed by atoms with Gasteiger partial charge in [0, 0.05) is 6.20 Å². The van der Waals surface area contributed by atoms with Crippen LogP contribution >= 0.6 is 0 Å². The average molecular weight is 385 g/mol. The molecule has 0 fully saturated rings. The van der Waals surface area contributed by atoms with Gasteiger partial charge in [0.15, 0.2) is 11.5 Å². The molecule has 0 saturated heterocycles. The number of carbonyl (C=O) groups excluding carboxylic acids is 1. The molecule has 2 aromatic heterocycles. The Morgan fingerprint density at radius 3 is 2.34 bits per heavy atom. The molecule has 2 heterocycles. The number of pyridine rings is 1. The molecule has 0 aliphatic carbocycles. The molecule has 6 nitrogen and oxygen atoms in total. The Bertz CT molecular complexity index is 1080. The Balaban J connectivity index is 1.49. The molecular formula is C23H23N5O. The van der Waals surface area contributed by atoms with Gasteiger partial charge in [-0.3, -0.25) is 4.40 Å². The van der Waals surface area contributed by atoms with E-state index in [0.717, 1.165) is 16.8 Å². The summed E-state index contributed by atoms with van der Waals surface area (Å²) in [5, 5.41) is 14.5. The van der Waals surface area contributed by atoms with Gasteiger partial charge in [0.25, 0.3) is 0 Å². The molecule has 0 aliphatic heterocycles. The normalized spacial score (nSPS) is 13.0. The van der Waals surface area contributed by atoms with Gasteiger partial charge < -0.3 is 10.6 Å². The lowest BCUT2D eigenvalue weighted by atomic mass is 9.99. The molecule has 0 spiro atoms. The van der Waals surface area contributed by atoms with E-state index in [4.69, 9.17) is 0 Å². The number of urea groups is 1. The zero-order valence-electron chi connectivity index (χ0n) is 16.2. The van der Waals surface area contributed by atoms with E-state index in [1.165, 1.54) is 0 Å². The van der Waals surface area contributed by atoms with Crippen LogP contribution in [0, 0.1) is 0 Å². The van der Waals surface area contributed by atoms with Gasteiger partial charge in [-0.15, -0.1) is 10.2 Å². The van der Waals surface area contributed by atoms with Crippen molar-refractivity contribution in [3.8, 4) is 0 Å². The number of amides is 2. The Morgan fingerprint density at radius 1 is 0.897 bits per heavy atom. The second-order valence-electron chi connectivity index (χ2n) is 6.98. The van der Waals surface area contributed by atoms with E-state index < -0.39 is 0 Å². The van der Waals surface area contributed by atoms with E-state index >= 15 is 0 Å². The molecule has 0 radical (unpaired) electrons. The predicted molar refractivity (Wildman–Crippen MR) is 112 cm³/mol. The molecular weight excluding hydrogens is 362 g/mol. The third-order valence-corrected chi connectivity index (χ3v) is 4.86. The summed E-state index contributed by atoms with van der Waals surface area (Å²) in [5.41, 5.74) is 2.98. The van der Waals surface area contributed by atoms with Crippen molar-refractivity contribution in [2.75, 3.05) is 0 Å². The Morgan fingerprint density at radius 2 is 1.59 bits per heavy atom. The molecule has 146 valence electrons. The first-order valence-electron chi connectivity index (χ1n) is 9.66. The summed E-state index contributed by atoms with van der Waals surface area (Å²) in [6.45, 7) is 1.90. The minimum atomic E-state index is -0.291. The fourth-order valence-electron chi connectivity index (χ4n) is 3.40. The van der Waals surface area contributed by atoms with E-state index in [2.05, 4.69) is 33.0 Å². The van der Waals surface area contributed by atoms with Crippen LogP contribution < -0.4 is 10.6 Å². The monoisotopic (exact) mass is 385 g/mol. The largest absolute Gasteiger partial charge is 0.331 e. The quantitative estimate of drug-likeness (QED) is 0.525. The lowest BCUT2D eigenvalue weighted by Gasteiger charge is -2.21. The Kier molecular flexibility index (Phi) is 5.52. The van der Waals surface area contributed by atoms with Crippen molar-refractivity contribution in [1.29, 1.82) is 0 Å². The number of rotatable bonds is 6. The summed E-state index contributed by atoms with van der Waals surface area (Å²) in [6, 6.07) is 25.2. The maximum atomic E-state index is 12.8. The highest BCUT2D eigenvalue weighted by Crippen LogP contribution is 2.19. The smallest absolute Gasteiger partial charge is 0.315 e. The lowest BCUT2D eigenvalue weighted by molar-refractivity contribution is 0.233. The lowest BCUT2D eigenvalue weighted by Crippen LogP contribution is -2.40. The number of nitrogens with one attached hydrogen (secondary N) is 2. The molecule has 0 bridgehead atoms. The van der Waals surface area contributed by atoms with Crippen LogP contribution in [-0.2, 0) is 6.42 Å². The van der Waals surface area contributed by atoms with Crippen molar-refractivity contribution in [3.05, 3.63) is 102 Å². The van der Waals surface area contributed by atoms with Gasteiger partial charge in [-0.1, -0.05) is 66.7 Å². The summed E-state index contributed by atoms with van der Waals surface area (Å²) >= 11 is 0. The molecule has 0 aliphatic rings. The van der Waals surface area contributed by atoms with E-state index in [-0.39, 0.29) is 18.1 Å². The fourth-order valence-corrected chi connectivity index (χ4v) is 3.40. The average Bonchev–Trinajstić information content (AvgIpc) is 3.19. The highest BCUT2D eigenvalue weighted by Gasteiger charge is 2.19. The van der Waals surface area contributed by atoms with Crippen molar-refractivity contribution in [3.63, 3.8) is 0 Å². The second-order valence-corrected chi connectivity index (χ2v) is 6.98. The molecule has 0 saturated carbocycles. The van der Waals surface area contributed by atoms with Crippen molar-refractivity contribution >= 4 is 11.7 Å². The third kappa shape index (κ3) is 4.43. The van der Waals surface area contributed by atoms with E-state index in [0.29, 0.717) is 12.2 Å². The first kappa shape index (κ1) is 18.7. The van der Waals surface area contributed by atoms with E-state index in [1.807, 2.05) is 84.3 Å². The number of benzene rings is 2. The van der Waals surface area contributed by atoms with E-state index in [9.17, 15) is 4.79 Å². The number of nitrogens with zero attached hydrogens (tertiary/aromatic N) is 3. The molecule has 4 rings (SSSR count). The molecule has 6 heteroatoms. The summed E-state index contributed by atoms with van der Waals surface area (Å²) in [6.07, 6.45) is 2.60. The SMILES string of the molecule is CC(NC(=O)NC(Cc1ccccc1)c1ccccc1)c1nnc2ccccn12. The molecule has 2 amide bonds. The fraction of sp³-hybridized carbons (Fsp3) is 0.174. The first-order valence-corrected chi connectivity index (χ1v) is 9.66. The number of aromatic nitrogens is 3. The van der Waals surface area contributed by atoms with Crippen LogP contribution in [-0.4, -0.2) is 20.6 Å². The van der Waals surface area contributed by atoms with Crippen molar-refractivity contribution < 1.29 is 4.79 Å². The predicted octanol–water partition coefficient (Wildman–Crippen LogP) is 4.07. The summed E-state index contributed by atoms with van der Waals surface area (Å²) < 4.78 is 1.88. The molecule has 29 heavy (non-hydrogen) atoms. The van der Waals surface area contributed by atoms with Gasteiger partial charge in [-0.05, 0) is 36.6 Å². The van der Waals surface area contributed by atoms with Crippen LogP contribution in [0.15, 0.2) is 85.1 Å². The number of hydrogen-bond donors (Lipinski definition) is 2. The van der Waals surface area contributed by atoms with Crippen molar-refractivity contribution in [1.82, 2.24) is 25.2 Å². The number of fused-ring (bicyclic) bond motifs is 1. The molecule has 4 aromatic rings. The number of carbonyl (C=O) groups is 1. The summed E-state index contributed by atoms with van der Waals surface area (Å²) in [5.74, 6) is 0.690. The maximum Gasteiger partial charge on any atom is 0.315 e. The van der Waals surface area contributed by atoms with Gasteiger partial charge >= 0.3 is 6.03 Å². The molecule has 2 aromatic carbocycles. The van der Waals surface area contributed by atoms with Crippen LogP contribution in [0.4, 0.5) is 4.79 Å². The highest BCUT2D eigenvalue weighted by molar-refractivity contribution is 5.75. The second kappa shape index (κ2) is 8.56. The van der Waals surface area contributed by atoms with Crippen LogP contribution in [0.2, 0.25) is 0 Å². The van der Waals surface area contributed by atoms with Crippen LogP contribution in [0.25, 0.3) is 5.65 Å². The van der Waals surface area contributed by atoms with Gasteiger partial charge in [0.1, 0.15) is 0 Å². The van der Waals surface area contributed by atoms with Crippen LogP contribution in [0.1, 0.15) is 36.0 Å². The minimum Gasteiger partial charge on any atom is -0.331 e. The Hall–Kier alpha value is -3.67. The van der Waals surface area contributed by atoms with Gasteiger partial charge in [-0.25, -0.2) is 4.79 Å². The standard InChI is InChI=1S/C23H23N5O/c1-17(22-27-26-21-14-8-9-15-28(21)22)24-23(29)25-20(19-12-6-3-7-13-19)16-18-10-4-2-5-11-18/h2-15,17,20H,16H2,1H3,(H2,24,25,29). The van der Waals surface area contributed by atoms with Gasteiger partial charge in [0.05, 0.1) is 12.1 Å². The van der Waals surface area contributed by atoms with Gasteiger partial charge in [0.2, 0.25) is 0 Å². The topological polar surface area (TPSA) is 71.3 Å². The van der Waals surface area contributed by atoms with Crippen LogP contribution in [0.3, 0.4) is 0 Å². The Labute approximate surface area is 169 Å². The highest BCUT2D eigenvalue weighted by atomic mass is 16.2. The maximum absolute atomic E-state index is 12.8.